The molecule has 0 aliphatic carbocycles. The Kier molecular flexibility index (Phi) is 4.21. The molecule has 0 fully saturated rings. The van der Waals surface area contributed by atoms with Crippen LogP contribution in [0.5, 0.6) is 5.75 Å². The summed E-state index contributed by atoms with van der Waals surface area (Å²) in [5, 5.41) is 0. The van der Waals surface area contributed by atoms with Crippen molar-refractivity contribution in [2.24, 2.45) is 0 Å². The molecule has 1 aliphatic heterocycles. The highest BCUT2D eigenvalue weighted by atomic mass is 16.5. The SMILES string of the molecule is C=CC1C=C(C)CCN1Cc1ccc(OC)cc1. The van der Waals surface area contributed by atoms with Crippen molar-refractivity contribution in [2.45, 2.75) is 25.9 Å². The van der Waals surface area contributed by atoms with Gasteiger partial charge >= 0.3 is 0 Å². The van der Waals surface area contributed by atoms with Crippen molar-refractivity contribution >= 4 is 0 Å². The first-order chi connectivity index (χ1) is 8.72. The zero-order valence-corrected chi connectivity index (χ0v) is 11.2. The first-order valence-electron chi connectivity index (χ1n) is 6.40. The highest BCUT2D eigenvalue weighted by Crippen LogP contribution is 2.20. The van der Waals surface area contributed by atoms with E-state index in [0.717, 1.165) is 25.3 Å². The molecule has 0 spiro atoms. The summed E-state index contributed by atoms with van der Waals surface area (Å²) in [5.74, 6) is 0.911. The number of methoxy groups -OCH3 is 1. The van der Waals surface area contributed by atoms with Crippen LogP contribution in [0.2, 0.25) is 0 Å². The van der Waals surface area contributed by atoms with Crippen molar-refractivity contribution < 1.29 is 4.74 Å². The van der Waals surface area contributed by atoms with E-state index >= 15 is 0 Å². The second-order valence-corrected chi connectivity index (χ2v) is 4.81. The maximum absolute atomic E-state index is 5.18. The normalized spacial score (nSPS) is 20.3. The minimum atomic E-state index is 0.362. The van der Waals surface area contributed by atoms with E-state index in [2.05, 4.69) is 36.6 Å². The maximum atomic E-state index is 5.18. The number of benzene rings is 1. The van der Waals surface area contributed by atoms with Gasteiger partial charge in [-0.15, -0.1) is 6.58 Å². The first-order valence-corrected chi connectivity index (χ1v) is 6.40. The Balaban J connectivity index is 2.06. The molecule has 96 valence electrons. The number of rotatable bonds is 4. The van der Waals surface area contributed by atoms with Crippen molar-refractivity contribution in [1.82, 2.24) is 4.90 Å². The Bertz CT molecular complexity index is 433. The smallest absolute Gasteiger partial charge is 0.118 e. The number of hydrogen-bond donors (Lipinski definition) is 0. The fourth-order valence-electron chi connectivity index (χ4n) is 2.32. The highest BCUT2D eigenvalue weighted by Gasteiger charge is 2.17. The molecule has 1 atom stereocenters. The van der Waals surface area contributed by atoms with E-state index in [9.17, 15) is 0 Å². The molecular formula is C16H21NO. The molecule has 0 saturated carbocycles. The lowest BCUT2D eigenvalue weighted by atomic mass is 10.0. The lowest BCUT2D eigenvalue weighted by molar-refractivity contribution is 0.241. The van der Waals surface area contributed by atoms with Crippen molar-refractivity contribution in [3.05, 3.63) is 54.1 Å². The van der Waals surface area contributed by atoms with Crippen LogP contribution in [-0.2, 0) is 6.54 Å². The van der Waals surface area contributed by atoms with E-state index < -0.39 is 0 Å². The molecule has 0 N–H and O–H groups in total. The van der Waals surface area contributed by atoms with Crippen molar-refractivity contribution in [2.75, 3.05) is 13.7 Å². The molecule has 0 radical (unpaired) electrons. The summed E-state index contributed by atoms with van der Waals surface area (Å²) in [6.07, 6.45) is 5.48. The zero-order chi connectivity index (χ0) is 13.0. The lowest BCUT2D eigenvalue weighted by Crippen LogP contribution is -2.35. The standard InChI is InChI=1S/C16H21NO/c1-4-15-11-13(2)9-10-17(15)12-14-5-7-16(18-3)8-6-14/h4-8,11,15H,1,9-10,12H2,2-3H3. The van der Waals surface area contributed by atoms with Crippen LogP contribution in [0.25, 0.3) is 0 Å². The van der Waals surface area contributed by atoms with Gasteiger partial charge in [0.05, 0.1) is 7.11 Å². The third kappa shape index (κ3) is 3.02. The molecule has 0 amide bonds. The Hall–Kier alpha value is -1.54. The molecule has 1 aromatic carbocycles. The van der Waals surface area contributed by atoms with Gasteiger partial charge in [-0.25, -0.2) is 0 Å². The average Bonchev–Trinajstić information content (AvgIpc) is 2.41. The molecule has 2 rings (SSSR count). The number of ether oxygens (including phenoxy) is 1. The summed E-state index contributed by atoms with van der Waals surface area (Å²) in [7, 11) is 1.70. The number of hydrogen-bond acceptors (Lipinski definition) is 2. The van der Waals surface area contributed by atoms with Gasteiger partial charge in [0, 0.05) is 19.1 Å². The molecule has 0 bridgehead atoms. The molecule has 1 heterocycles. The van der Waals surface area contributed by atoms with Gasteiger partial charge < -0.3 is 4.74 Å². The van der Waals surface area contributed by atoms with E-state index in [1.54, 1.807) is 7.11 Å². The van der Waals surface area contributed by atoms with Crippen LogP contribution < -0.4 is 4.74 Å². The van der Waals surface area contributed by atoms with Gasteiger partial charge in [-0.1, -0.05) is 29.9 Å². The zero-order valence-electron chi connectivity index (χ0n) is 11.2. The Morgan fingerprint density at radius 3 is 2.72 bits per heavy atom. The van der Waals surface area contributed by atoms with Crippen molar-refractivity contribution in [3.8, 4) is 5.75 Å². The van der Waals surface area contributed by atoms with Gasteiger partial charge in [-0.3, -0.25) is 4.90 Å². The van der Waals surface area contributed by atoms with E-state index in [0.29, 0.717) is 6.04 Å². The molecule has 1 aromatic rings. The predicted molar refractivity (Wildman–Crippen MR) is 75.8 cm³/mol. The van der Waals surface area contributed by atoms with E-state index in [1.165, 1.54) is 11.1 Å². The second-order valence-electron chi connectivity index (χ2n) is 4.81. The van der Waals surface area contributed by atoms with Gasteiger partial charge in [0.25, 0.3) is 0 Å². The Morgan fingerprint density at radius 2 is 2.11 bits per heavy atom. The molecule has 0 saturated heterocycles. The molecule has 2 heteroatoms. The summed E-state index contributed by atoms with van der Waals surface area (Å²) in [4.78, 5) is 2.45. The molecule has 2 nitrogen and oxygen atoms in total. The van der Waals surface area contributed by atoms with Crippen LogP contribution in [0.1, 0.15) is 18.9 Å². The number of nitrogens with zero attached hydrogens (tertiary/aromatic N) is 1. The Labute approximate surface area is 110 Å². The summed E-state index contributed by atoms with van der Waals surface area (Å²) in [5.41, 5.74) is 2.78. The maximum Gasteiger partial charge on any atom is 0.118 e. The van der Waals surface area contributed by atoms with Crippen LogP contribution in [0.3, 0.4) is 0 Å². The lowest BCUT2D eigenvalue weighted by Gasteiger charge is -2.32. The van der Waals surface area contributed by atoms with E-state index in [-0.39, 0.29) is 0 Å². The second kappa shape index (κ2) is 5.87. The summed E-state index contributed by atoms with van der Waals surface area (Å²) in [6, 6.07) is 8.65. The molecule has 1 unspecified atom stereocenters. The molecular weight excluding hydrogens is 222 g/mol. The van der Waals surface area contributed by atoms with Gasteiger partial charge in [-0.05, 0) is 31.0 Å². The first kappa shape index (κ1) is 12.9. The quantitative estimate of drug-likeness (QED) is 0.751. The van der Waals surface area contributed by atoms with Crippen LogP contribution >= 0.6 is 0 Å². The van der Waals surface area contributed by atoms with E-state index in [1.807, 2.05) is 18.2 Å². The monoisotopic (exact) mass is 243 g/mol. The average molecular weight is 243 g/mol. The van der Waals surface area contributed by atoms with Crippen LogP contribution in [-0.4, -0.2) is 24.6 Å². The highest BCUT2D eigenvalue weighted by molar-refractivity contribution is 5.27. The van der Waals surface area contributed by atoms with E-state index in [4.69, 9.17) is 4.74 Å². The minimum absolute atomic E-state index is 0.362. The van der Waals surface area contributed by atoms with Gasteiger partial charge in [0.15, 0.2) is 0 Å². The third-order valence-corrected chi connectivity index (χ3v) is 3.46. The fourth-order valence-corrected chi connectivity index (χ4v) is 2.32. The fraction of sp³-hybridized carbons (Fsp3) is 0.375. The summed E-state index contributed by atoms with van der Waals surface area (Å²) >= 11 is 0. The van der Waals surface area contributed by atoms with Crippen LogP contribution in [0.15, 0.2) is 48.6 Å². The van der Waals surface area contributed by atoms with Crippen LogP contribution in [0, 0.1) is 0 Å². The van der Waals surface area contributed by atoms with Gasteiger partial charge in [0.2, 0.25) is 0 Å². The Morgan fingerprint density at radius 1 is 1.39 bits per heavy atom. The largest absolute Gasteiger partial charge is 0.497 e. The summed E-state index contributed by atoms with van der Waals surface area (Å²) in [6.45, 7) is 8.19. The van der Waals surface area contributed by atoms with Crippen LogP contribution in [0.4, 0.5) is 0 Å². The molecule has 1 aliphatic rings. The van der Waals surface area contributed by atoms with Crippen molar-refractivity contribution in [1.29, 1.82) is 0 Å². The van der Waals surface area contributed by atoms with Gasteiger partial charge in [-0.2, -0.15) is 0 Å². The predicted octanol–water partition coefficient (Wildman–Crippen LogP) is 3.40. The summed E-state index contributed by atoms with van der Waals surface area (Å²) < 4.78 is 5.18. The van der Waals surface area contributed by atoms with Crippen molar-refractivity contribution in [3.63, 3.8) is 0 Å². The topological polar surface area (TPSA) is 12.5 Å². The minimum Gasteiger partial charge on any atom is -0.497 e. The molecule has 18 heavy (non-hydrogen) atoms. The van der Waals surface area contributed by atoms with Gasteiger partial charge in [0.1, 0.15) is 5.75 Å². The molecule has 0 aromatic heterocycles. The third-order valence-electron chi connectivity index (χ3n) is 3.46.